The van der Waals surface area contributed by atoms with E-state index in [2.05, 4.69) is 10.6 Å². The molecular weight excluding hydrogens is 208 g/mol. The molecule has 0 aliphatic carbocycles. The van der Waals surface area contributed by atoms with Crippen molar-refractivity contribution in [2.24, 2.45) is 0 Å². The van der Waals surface area contributed by atoms with Crippen LogP contribution in [0.2, 0.25) is 0 Å². The Hall–Kier alpha value is -1.10. The van der Waals surface area contributed by atoms with Crippen molar-refractivity contribution in [1.29, 1.82) is 0 Å². The molecule has 0 aliphatic rings. The molecule has 0 rings (SSSR count). The lowest BCUT2D eigenvalue weighted by Gasteiger charge is -2.19. The van der Waals surface area contributed by atoms with Gasteiger partial charge in [-0.05, 0) is 27.7 Å². The topological polar surface area (TPSA) is 67.4 Å². The van der Waals surface area contributed by atoms with Crippen LogP contribution in [-0.2, 0) is 14.3 Å². The molecule has 0 aromatic carbocycles. The zero-order valence-electron chi connectivity index (χ0n) is 10.6. The first kappa shape index (κ1) is 14.9. The van der Waals surface area contributed by atoms with Gasteiger partial charge in [-0.1, -0.05) is 0 Å². The van der Waals surface area contributed by atoms with E-state index in [4.69, 9.17) is 4.74 Å². The van der Waals surface area contributed by atoms with E-state index in [1.807, 2.05) is 27.7 Å². The number of rotatable bonds is 6. The molecule has 0 aliphatic heterocycles. The minimum atomic E-state index is -0.448. The van der Waals surface area contributed by atoms with Gasteiger partial charge in [-0.3, -0.25) is 9.59 Å². The molecule has 0 aromatic rings. The second-order valence-corrected chi connectivity index (χ2v) is 4.47. The molecule has 0 saturated carbocycles. The first-order chi connectivity index (χ1) is 7.35. The summed E-state index contributed by atoms with van der Waals surface area (Å²) >= 11 is 0. The van der Waals surface area contributed by atoms with Crippen LogP contribution in [-0.4, -0.2) is 37.1 Å². The van der Waals surface area contributed by atoms with Gasteiger partial charge in [0, 0.05) is 13.1 Å². The Kier molecular flexibility index (Phi) is 6.72. The van der Waals surface area contributed by atoms with Crippen molar-refractivity contribution in [2.75, 3.05) is 19.6 Å². The fourth-order valence-corrected chi connectivity index (χ4v) is 1.04. The van der Waals surface area contributed by atoms with Gasteiger partial charge in [0.25, 0.3) is 0 Å². The first-order valence-electron chi connectivity index (χ1n) is 5.54. The molecule has 0 unspecified atom stereocenters. The molecule has 0 fully saturated rings. The summed E-state index contributed by atoms with van der Waals surface area (Å²) in [4.78, 5) is 22.3. The number of hydrogen-bond donors (Lipinski definition) is 2. The highest BCUT2D eigenvalue weighted by Gasteiger charge is 2.15. The van der Waals surface area contributed by atoms with Crippen LogP contribution in [0.25, 0.3) is 0 Å². The Morgan fingerprint density at radius 3 is 2.38 bits per heavy atom. The number of ether oxygens (including phenoxy) is 1. The smallest absolute Gasteiger partial charge is 0.307 e. The summed E-state index contributed by atoms with van der Waals surface area (Å²) in [6.45, 7) is 8.64. The summed E-state index contributed by atoms with van der Waals surface area (Å²) in [5, 5.41) is 5.53. The molecule has 0 aromatic heterocycles. The number of esters is 1. The van der Waals surface area contributed by atoms with Crippen LogP contribution in [0.15, 0.2) is 0 Å². The molecule has 0 heterocycles. The lowest BCUT2D eigenvalue weighted by molar-refractivity contribution is -0.154. The Morgan fingerprint density at radius 1 is 1.25 bits per heavy atom. The third kappa shape index (κ3) is 9.45. The van der Waals surface area contributed by atoms with E-state index in [9.17, 15) is 9.59 Å². The van der Waals surface area contributed by atoms with Crippen molar-refractivity contribution in [2.45, 2.75) is 39.7 Å². The Bertz CT molecular complexity index is 234. The molecule has 0 spiro atoms. The molecule has 0 atom stereocenters. The lowest BCUT2D eigenvalue weighted by Crippen LogP contribution is -2.35. The molecule has 5 nitrogen and oxygen atoms in total. The monoisotopic (exact) mass is 230 g/mol. The maximum atomic E-state index is 11.3. The van der Waals surface area contributed by atoms with Gasteiger partial charge in [0.1, 0.15) is 5.60 Å². The standard InChI is InChI=1S/C11H22N2O3/c1-5-13-9(14)8-12-7-6-10(15)16-11(2,3)4/h12H,5-8H2,1-4H3,(H,13,14). The number of amides is 1. The third-order valence-corrected chi connectivity index (χ3v) is 1.59. The Balaban J connectivity index is 3.52. The highest BCUT2D eigenvalue weighted by molar-refractivity contribution is 5.78. The van der Waals surface area contributed by atoms with E-state index in [-0.39, 0.29) is 24.8 Å². The van der Waals surface area contributed by atoms with E-state index in [0.717, 1.165) is 0 Å². The van der Waals surface area contributed by atoms with Crippen LogP contribution in [0.4, 0.5) is 0 Å². The van der Waals surface area contributed by atoms with Crippen molar-refractivity contribution in [1.82, 2.24) is 10.6 Å². The molecule has 5 heteroatoms. The molecule has 0 bridgehead atoms. The summed E-state index contributed by atoms with van der Waals surface area (Å²) in [5.74, 6) is -0.317. The number of likely N-dealkylation sites (N-methyl/N-ethyl adjacent to an activating group) is 1. The van der Waals surface area contributed by atoms with Gasteiger partial charge in [-0.2, -0.15) is 0 Å². The van der Waals surface area contributed by atoms with Crippen LogP contribution >= 0.6 is 0 Å². The minimum Gasteiger partial charge on any atom is -0.460 e. The second-order valence-electron chi connectivity index (χ2n) is 4.47. The molecule has 2 N–H and O–H groups in total. The average molecular weight is 230 g/mol. The second kappa shape index (κ2) is 7.22. The zero-order chi connectivity index (χ0) is 12.6. The van der Waals surface area contributed by atoms with Crippen LogP contribution < -0.4 is 10.6 Å². The van der Waals surface area contributed by atoms with E-state index < -0.39 is 5.60 Å². The first-order valence-corrected chi connectivity index (χ1v) is 5.54. The summed E-state index contributed by atoms with van der Waals surface area (Å²) in [7, 11) is 0. The normalized spacial score (nSPS) is 11.0. The lowest BCUT2D eigenvalue weighted by atomic mass is 10.2. The summed E-state index contributed by atoms with van der Waals surface area (Å²) in [6.07, 6.45) is 0.274. The summed E-state index contributed by atoms with van der Waals surface area (Å²) in [6, 6.07) is 0. The maximum absolute atomic E-state index is 11.3. The fourth-order valence-electron chi connectivity index (χ4n) is 1.04. The molecule has 94 valence electrons. The quantitative estimate of drug-likeness (QED) is 0.513. The fraction of sp³-hybridized carbons (Fsp3) is 0.818. The van der Waals surface area contributed by atoms with E-state index in [1.165, 1.54) is 0 Å². The largest absolute Gasteiger partial charge is 0.460 e. The van der Waals surface area contributed by atoms with Gasteiger partial charge in [0.15, 0.2) is 0 Å². The van der Waals surface area contributed by atoms with Crippen LogP contribution in [0.3, 0.4) is 0 Å². The summed E-state index contributed by atoms with van der Waals surface area (Å²) in [5.41, 5.74) is -0.448. The van der Waals surface area contributed by atoms with Crippen LogP contribution in [0, 0.1) is 0 Å². The predicted molar refractivity (Wildman–Crippen MR) is 62.0 cm³/mol. The SMILES string of the molecule is CCNC(=O)CNCCC(=O)OC(C)(C)C. The molecule has 1 amide bonds. The van der Waals surface area contributed by atoms with E-state index >= 15 is 0 Å². The van der Waals surface area contributed by atoms with Gasteiger partial charge in [-0.15, -0.1) is 0 Å². The van der Waals surface area contributed by atoms with Crippen LogP contribution in [0.1, 0.15) is 34.1 Å². The minimum absolute atomic E-state index is 0.0633. The maximum Gasteiger partial charge on any atom is 0.307 e. The highest BCUT2D eigenvalue weighted by atomic mass is 16.6. The number of nitrogens with one attached hydrogen (secondary N) is 2. The number of carbonyl (C=O) groups excluding carboxylic acids is 2. The summed E-state index contributed by atoms with van der Waals surface area (Å²) < 4.78 is 5.11. The van der Waals surface area contributed by atoms with Gasteiger partial charge in [0.2, 0.25) is 5.91 Å². The number of hydrogen-bond acceptors (Lipinski definition) is 4. The molecule has 0 saturated heterocycles. The molecular formula is C11H22N2O3. The van der Waals surface area contributed by atoms with Gasteiger partial charge in [-0.25, -0.2) is 0 Å². The van der Waals surface area contributed by atoms with Crippen molar-refractivity contribution < 1.29 is 14.3 Å². The van der Waals surface area contributed by atoms with Gasteiger partial charge >= 0.3 is 5.97 Å². The van der Waals surface area contributed by atoms with E-state index in [1.54, 1.807) is 0 Å². The third-order valence-electron chi connectivity index (χ3n) is 1.59. The van der Waals surface area contributed by atoms with Crippen molar-refractivity contribution >= 4 is 11.9 Å². The van der Waals surface area contributed by atoms with Gasteiger partial charge < -0.3 is 15.4 Å². The predicted octanol–water partition coefficient (Wildman–Crippen LogP) is 0.444. The highest BCUT2D eigenvalue weighted by Crippen LogP contribution is 2.07. The molecule has 0 radical (unpaired) electrons. The Labute approximate surface area is 96.9 Å². The number of carbonyl (C=O) groups is 2. The van der Waals surface area contributed by atoms with Crippen molar-refractivity contribution in [3.05, 3.63) is 0 Å². The molecule has 16 heavy (non-hydrogen) atoms. The zero-order valence-corrected chi connectivity index (χ0v) is 10.6. The average Bonchev–Trinajstić information content (AvgIpc) is 2.10. The van der Waals surface area contributed by atoms with Crippen LogP contribution in [0.5, 0.6) is 0 Å². The van der Waals surface area contributed by atoms with Gasteiger partial charge in [0.05, 0.1) is 13.0 Å². The Morgan fingerprint density at radius 2 is 1.88 bits per heavy atom. The van der Waals surface area contributed by atoms with E-state index in [0.29, 0.717) is 13.1 Å². The van der Waals surface area contributed by atoms with Crippen molar-refractivity contribution in [3.8, 4) is 0 Å². The van der Waals surface area contributed by atoms with Crippen molar-refractivity contribution in [3.63, 3.8) is 0 Å².